The van der Waals surface area contributed by atoms with Crippen molar-refractivity contribution in [1.82, 2.24) is 14.3 Å². The van der Waals surface area contributed by atoms with Crippen LogP contribution in [0.1, 0.15) is 46.0 Å². The van der Waals surface area contributed by atoms with Gasteiger partial charge < -0.3 is 4.74 Å². The molecular formula is C19H27N3O4S. The van der Waals surface area contributed by atoms with Gasteiger partial charge in [0.25, 0.3) is 0 Å². The average Bonchev–Trinajstić information content (AvgIpc) is 2.97. The molecule has 1 saturated heterocycles. The average molecular weight is 394 g/mol. The highest BCUT2D eigenvalue weighted by molar-refractivity contribution is 7.89. The molecule has 3 aliphatic rings. The molecular weight excluding hydrogens is 366 g/mol. The van der Waals surface area contributed by atoms with Gasteiger partial charge in [-0.1, -0.05) is 13.8 Å². The number of hydrogen-bond acceptors (Lipinski definition) is 6. The summed E-state index contributed by atoms with van der Waals surface area (Å²) in [6.07, 6.45) is 6.59. The number of fused-ring (bicyclic) bond motifs is 2. The molecule has 2 saturated carbocycles. The van der Waals surface area contributed by atoms with Crippen molar-refractivity contribution in [3.63, 3.8) is 0 Å². The molecule has 2 heterocycles. The van der Waals surface area contributed by atoms with Crippen LogP contribution >= 0.6 is 0 Å². The minimum atomic E-state index is -3.55. The largest absolute Gasteiger partial charge is 0.459 e. The molecule has 3 fully saturated rings. The van der Waals surface area contributed by atoms with E-state index in [0.717, 1.165) is 19.3 Å². The molecule has 148 valence electrons. The minimum Gasteiger partial charge on any atom is -0.459 e. The number of ether oxygens (including phenoxy) is 1. The van der Waals surface area contributed by atoms with Crippen molar-refractivity contribution in [1.29, 1.82) is 0 Å². The zero-order valence-corrected chi connectivity index (χ0v) is 16.7. The summed E-state index contributed by atoms with van der Waals surface area (Å²) in [6.45, 7) is 4.90. The van der Waals surface area contributed by atoms with Crippen molar-refractivity contribution in [3.05, 3.63) is 18.5 Å². The summed E-state index contributed by atoms with van der Waals surface area (Å²) in [5.41, 5.74) is -0.979. The molecule has 0 amide bonds. The van der Waals surface area contributed by atoms with E-state index in [0.29, 0.717) is 25.3 Å². The lowest BCUT2D eigenvalue weighted by Crippen LogP contribution is -2.50. The Balaban J connectivity index is 1.49. The molecule has 27 heavy (non-hydrogen) atoms. The van der Waals surface area contributed by atoms with Crippen LogP contribution in [0.2, 0.25) is 0 Å². The maximum atomic E-state index is 13.2. The van der Waals surface area contributed by atoms with E-state index < -0.39 is 15.4 Å². The lowest BCUT2D eigenvalue weighted by atomic mass is 9.70. The van der Waals surface area contributed by atoms with Crippen LogP contribution in [0.5, 0.6) is 6.01 Å². The second-order valence-electron chi connectivity index (χ2n) is 8.69. The fourth-order valence-corrected chi connectivity index (χ4v) is 7.54. The standard InChI is InChI=1S/C19H27N3O4S/c1-18(2)14-6-7-19(18,16(23)11-14)13-27(24,25)22-10-3-5-15(12-22)26-17-20-8-4-9-21-17/h4,8-9,14-15H,3,5-7,10-13H2,1-2H3. The topological polar surface area (TPSA) is 89.5 Å². The monoisotopic (exact) mass is 393 g/mol. The maximum Gasteiger partial charge on any atom is 0.316 e. The predicted molar refractivity (Wildman–Crippen MR) is 99.6 cm³/mol. The Morgan fingerprint density at radius 3 is 2.63 bits per heavy atom. The highest BCUT2D eigenvalue weighted by Gasteiger charge is 2.65. The molecule has 2 bridgehead atoms. The number of rotatable bonds is 5. The molecule has 0 radical (unpaired) electrons. The van der Waals surface area contributed by atoms with Crippen molar-refractivity contribution >= 4 is 15.8 Å². The van der Waals surface area contributed by atoms with Crippen molar-refractivity contribution in [2.75, 3.05) is 18.8 Å². The number of aromatic nitrogens is 2. The van der Waals surface area contributed by atoms with Crippen LogP contribution in [0, 0.1) is 16.7 Å². The predicted octanol–water partition coefficient (Wildman–Crippen LogP) is 2.04. The third kappa shape index (κ3) is 3.06. The lowest BCUT2D eigenvalue weighted by Gasteiger charge is -2.39. The van der Waals surface area contributed by atoms with Crippen LogP contribution in [0.15, 0.2) is 18.5 Å². The SMILES string of the molecule is CC1(C)C2CCC1(CS(=O)(=O)N1CCCC(Oc3ncccn3)C1)C(=O)C2. The van der Waals surface area contributed by atoms with Gasteiger partial charge in [0.1, 0.15) is 11.9 Å². The molecule has 4 rings (SSSR count). The third-order valence-corrected chi connectivity index (χ3v) is 9.09. The maximum absolute atomic E-state index is 13.2. The molecule has 8 heteroatoms. The summed E-state index contributed by atoms with van der Waals surface area (Å²) in [7, 11) is -3.55. The van der Waals surface area contributed by atoms with E-state index in [1.807, 2.05) is 0 Å². The first-order valence-corrected chi connectivity index (χ1v) is 11.3. The summed E-state index contributed by atoms with van der Waals surface area (Å²) < 4.78 is 33.8. The van der Waals surface area contributed by atoms with Gasteiger partial charge in [-0.05, 0) is 43.1 Å². The number of hydrogen-bond donors (Lipinski definition) is 0. The number of ketones is 1. The smallest absolute Gasteiger partial charge is 0.316 e. The molecule has 3 atom stereocenters. The number of carbonyl (C=O) groups excluding carboxylic acids is 1. The van der Waals surface area contributed by atoms with Gasteiger partial charge >= 0.3 is 6.01 Å². The van der Waals surface area contributed by atoms with Gasteiger partial charge in [0.2, 0.25) is 10.0 Å². The van der Waals surface area contributed by atoms with Crippen molar-refractivity contribution in [2.24, 2.45) is 16.7 Å². The second-order valence-corrected chi connectivity index (χ2v) is 10.7. The highest BCUT2D eigenvalue weighted by Crippen LogP contribution is 2.64. The Hall–Kier alpha value is -1.54. The number of sulfonamides is 1. The third-order valence-electron chi connectivity index (χ3n) is 7.12. The van der Waals surface area contributed by atoms with E-state index in [1.54, 1.807) is 18.5 Å². The molecule has 1 aliphatic heterocycles. The Labute approximate surface area is 160 Å². The van der Waals surface area contributed by atoms with E-state index in [2.05, 4.69) is 23.8 Å². The summed E-state index contributed by atoms with van der Waals surface area (Å²) >= 11 is 0. The molecule has 0 aromatic carbocycles. The van der Waals surface area contributed by atoms with Gasteiger partial charge in [0.15, 0.2) is 0 Å². The van der Waals surface area contributed by atoms with Crippen molar-refractivity contribution in [2.45, 2.75) is 52.1 Å². The fraction of sp³-hybridized carbons (Fsp3) is 0.737. The van der Waals surface area contributed by atoms with Crippen LogP contribution in [-0.2, 0) is 14.8 Å². The Kier molecular flexibility index (Phi) is 4.54. The van der Waals surface area contributed by atoms with Gasteiger partial charge in [-0.3, -0.25) is 4.79 Å². The van der Waals surface area contributed by atoms with E-state index in [1.165, 1.54) is 4.31 Å². The van der Waals surface area contributed by atoms with Gasteiger partial charge in [0, 0.05) is 30.8 Å². The summed E-state index contributed by atoms with van der Waals surface area (Å²) in [6, 6.07) is 1.98. The zero-order chi connectivity index (χ0) is 19.3. The Morgan fingerprint density at radius 2 is 2.00 bits per heavy atom. The van der Waals surface area contributed by atoms with Gasteiger partial charge in [-0.2, -0.15) is 4.31 Å². The van der Waals surface area contributed by atoms with Gasteiger partial charge in [0.05, 0.1) is 12.3 Å². The summed E-state index contributed by atoms with van der Waals surface area (Å²) in [5.74, 6) is 0.374. The number of piperidine rings is 1. The molecule has 0 N–H and O–H groups in total. The van der Waals surface area contributed by atoms with Crippen LogP contribution in [-0.4, -0.2) is 53.4 Å². The molecule has 1 aromatic rings. The molecule has 2 aliphatic carbocycles. The van der Waals surface area contributed by atoms with Crippen LogP contribution in [0.4, 0.5) is 0 Å². The summed E-state index contributed by atoms with van der Waals surface area (Å²) in [4.78, 5) is 20.8. The van der Waals surface area contributed by atoms with Crippen LogP contribution in [0.3, 0.4) is 0 Å². The number of carbonyl (C=O) groups is 1. The van der Waals surface area contributed by atoms with Crippen LogP contribution < -0.4 is 4.74 Å². The normalized spacial score (nSPS) is 33.3. The minimum absolute atomic E-state index is 0.0725. The quantitative estimate of drug-likeness (QED) is 0.761. The lowest BCUT2D eigenvalue weighted by molar-refractivity contribution is -0.128. The fourth-order valence-electron chi connectivity index (χ4n) is 5.26. The Bertz CT molecular complexity index is 827. The Morgan fingerprint density at radius 1 is 1.26 bits per heavy atom. The van der Waals surface area contributed by atoms with E-state index in [4.69, 9.17) is 4.74 Å². The van der Waals surface area contributed by atoms with Gasteiger partial charge in [-0.25, -0.2) is 18.4 Å². The summed E-state index contributed by atoms with van der Waals surface area (Å²) in [5, 5.41) is 0. The molecule has 0 spiro atoms. The first-order chi connectivity index (χ1) is 12.7. The van der Waals surface area contributed by atoms with Crippen molar-refractivity contribution in [3.8, 4) is 6.01 Å². The first-order valence-electron chi connectivity index (χ1n) is 9.69. The van der Waals surface area contributed by atoms with E-state index in [9.17, 15) is 13.2 Å². The number of Topliss-reactive ketones (excluding diaryl/α,β-unsaturated/α-hetero) is 1. The first kappa shape index (κ1) is 18.8. The zero-order valence-electron chi connectivity index (χ0n) is 15.9. The molecule has 3 unspecified atom stereocenters. The van der Waals surface area contributed by atoms with Gasteiger partial charge in [-0.15, -0.1) is 0 Å². The highest BCUT2D eigenvalue weighted by atomic mass is 32.2. The second kappa shape index (κ2) is 6.51. The molecule has 7 nitrogen and oxygen atoms in total. The van der Waals surface area contributed by atoms with Crippen molar-refractivity contribution < 1.29 is 17.9 Å². The van der Waals surface area contributed by atoms with E-state index in [-0.39, 0.29) is 35.6 Å². The van der Waals surface area contributed by atoms with Crippen LogP contribution in [0.25, 0.3) is 0 Å². The number of nitrogens with zero attached hydrogens (tertiary/aromatic N) is 3. The molecule has 1 aromatic heterocycles. The van der Waals surface area contributed by atoms with E-state index >= 15 is 0 Å².